The standard InChI is InChI=1S/C22H30ClF2N7O4S/c1-27-20(33)12-9-18(36-3)16(10-14(12)23)30-21-28-11-13(22(24,25)26)19(31-21)29-15-7-5-6-8-17(15)32(2)37(4,34)35/h9-11,15,17H,5-8,26H2,1-4H3,(H,27,33)(H2,28,29,30,31)/t15-,17-/m1/s1. The number of likely N-dealkylation sites (N-methyl/N-ethyl adjacent to an activating group) is 1. The molecule has 1 aromatic carbocycles. The monoisotopic (exact) mass is 561 g/mol. The highest BCUT2D eigenvalue weighted by Gasteiger charge is 2.36. The van der Waals surface area contributed by atoms with Gasteiger partial charge >= 0.3 is 6.05 Å². The zero-order valence-electron chi connectivity index (χ0n) is 20.8. The highest BCUT2D eigenvalue weighted by atomic mass is 35.5. The van der Waals surface area contributed by atoms with E-state index in [2.05, 4.69) is 25.9 Å². The summed E-state index contributed by atoms with van der Waals surface area (Å²) in [5, 5.41) is 8.44. The third-order valence-corrected chi connectivity index (χ3v) is 7.83. The lowest BCUT2D eigenvalue weighted by atomic mass is 9.90. The summed E-state index contributed by atoms with van der Waals surface area (Å²) in [4.78, 5) is 20.2. The van der Waals surface area contributed by atoms with Crippen LogP contribution in [0, 0.1) is 0 Å². The molecule has 1 aromatic heterocycles. The third-order valence-electron chi connectivity index (χ3n) is 6.20. The lowest BCUT2D eigenvalue weighted by Crippen LogP contribution is -2.49. The maximum Gasteiger partial charge on any atom is 0.332 e. The molecule has 15 heteroatoms. The number of aromatic nitrogens is 2. The van der Waals surface area contributed by atoms with Gasteiger partial charge in [0.15, 0.2) is 0 Å². The normalized spacial score (nSPS) is 18.4. The summed E-state index contributed by atoms with van der Waals surface area (Å²) in [7, 11) is 0.786. The Hall–Kier alpha value is -2.81. The molecule has 3 rings (SSSR count). The molecule has 37 heavy (non-hydrogen) atoms. The number of benzene rings is 1. The number of methoxy groups -OCH3 is 1. The summed E-state index contributed by atoms with van der Waals surface area (Å²) in [5.41, 5.74) is 4.90. The third kappa shape index (κ3) is 6.74. The number of nitrogens with one attached hydrogen (secondary N) is 3. The van der Waals surface area contributed by atoms with Crippen LogP contribution in [0.4, 0.5) is 26.2 Å². The van der Waals surface area contributed by atoms with Crippen molar-refractivity contribution in [1.82, 2.24) is 19.6 Å². The van der Waals surface area contributed by atoms with Crippen molar-refractivity contribution in [3.05, 3.63) is 34.5 Å². The molecule has 0 saturated heterocycles. The molecule has 2 atom stereocenters. The Labute approximate surface area is 219 Å². The first kappa shape index (κ1) is 28.8. The Morgan fingerprint density at radius 1 is 1.30 bits per heavy atom. The summed E-state index contributed by atoms with van der Waals surface area (Å²) < 4.78 is 59.4. The van der Waals surface area contributed by atoms with E-state index in [9.17, 15) is 22.0 Å². The number of carbonyl (C=O) groups excluding carboxylic acids is 1. The van der Waals surface area contributed by atoms with Crippen molar-refractivity contribution < 1.29 is 26.7 Å². The Bertz CT molecular complexity index is 1260. The molecule has 0 aliphatic heterocycles. The van der Waals surface area contributed by atoms with Gasteiger partial charge in [0.05, 0.1) is 35.2 Å². The predicted molar refractivity (Wildman–Crippen MR) is 137 cm³/mol. The number of halogens is 3. The van der Waals surface area contributed by atoms with E-state index in [4.69, 9.17) is 22.1 Å². The number of hydrogen-bond donors (Lipinski definition) is 4. The molecule has 5 N–H and O–H groups in total. The minimum absolute atomic E-state index is 0.0820. The van der Waals surface area contributed by atoms with Crippen molar-refractivity contribution in [3.8, 4) is 5.75 Å². The predicted octanol–water partition coefficient (Wildman–Crippen LogP) is 2.86. The van der Waals surface area contributed by atoms with E-state index >= 15 is 0 Å². The molecule has 0 spiro atoms. The van der Waals surface area contributed by atoms with Crippen LogP contribution in [0.15, 0.2) is 18.3 Å². The largest absolute Gasteiger partial charge is 0.495 e. The highest BCUT2D eigenvalue weighted by Crippen LogP contribution is 2.35. The SMILES string of the molecule is CNC(=O)c1cc(OC)c(Nc2ncc(C(N)(F)F)c(N[C@@H]3CCCC[C@H]3N(C)S(C)(=O)=O)n2)cc1Cl. The van der Waals surface area contributed by atoms with Crippen LogP contribution in [0.3, 0.4) is 0 Å². The summed E-state index contributed by atoms with van der Waals surface area (Å²) >= 11 is 6.25. The smallest absolute Gasteiger partial charge is 0.332 e. The molecule has 0 unspecified atom stereocenters. The quantitative estimate of drug-likeness (QED) is 0.339. The molecule has 11 nitrogen and oxygen atoms in total. The van der Waals surface area contributed by atoms with Crippen molar-refractivity contribution in [1.29, 1.82) is 0 Å². The first-order valence-corrected chi connectivity index (χ1v) is 13.6. The number of nitrogens with two attached hydrogens (primary N) is 1. The number of amides is 1. The molecule has 1 aliphatic rings. The van der Waals surface area contributed by atoms with Crippen LogP contribution in [-0.2, 0) is 16.1 Å². The van der Waals surface area contributed by atoms with E-state index in [1.807, 2.05) is 0 Å². The van der Waals surface area contributed by atoms with E-state index in [-0.39, 0.29) is 33.8 Å². The molecular formula is C22H30ClF2N7O4S. The minimum Gasteiger partial charge on any atom is -0.495 e. The van der Waals surface area contributed by atoms with Gasteiger partial charge in [-0.3, -0.25) is 10.5 Å². The van der Waals surface area contributed by atoms with Gasteiger partial charge in [-0.15, -0.1) is 0 Å². The van der Waals surface area contributed by atoms with Crippen molar-refractivity contribution in [3.63, 3.8) is 0 Å². The van der Waals surface area contributed by atoms with Gasteiger partial charge in [-0.05, 0) is 25.0 Å². The summed E-state index contributed by atoms with van der Waals surface area (Å²) in [6.45, 7) is 0. The first-order valence-electron chi connectivity index (χ1n) is 11.4. The average molecular weight is 562 g/mol. The first-order chi connectivity index (χ1) is 17.3. The molecule has 1 aliphatic carbocycles. The lowest BCUT2D eigenvalue weighted by Gasteiger charge is -2.37. The van der Waals surface area contributed by atoms with E-state index in [0.29, 0.717) is 12.8 Å². The number of alkyl halides is 2. The van der Waals surface area contributed by atoms with Gasteiger partial charge in [0, 0.05) is 32.4 Å². The Morgan fingerprint density at radius 2 is 1.97 bits per heavy atom. The average Bonchev–Trinajstić information content (AvgIpc) is 2.82. The number of hydrogen-bond acceptors (Lipinski definition) is 9. The van der Waals surface area contributed by atoms with Gasteiger partial charge in [0.1, 0.15) is 11.6 Å². The van der Waals surface area contributed by atoms with Gasteiger partial charge in [0.25, 0.3) is 5.91 Å². The van der Waals surface area contributed by atoms with Crippen molar-refractivity contribution in [2.24, 2.45) is 5.73 Å². The molecule has 1 saturated carbocycles. The molecule has 1 fully saturated rings. The van der Waals surface area contributed by atoms with Gasteiger partial charge in [-0.2, -0.15) is 13.8 Å². The van der Waals surface area contributed by atoms with Gasteiger partial charge in [-0.25, -0.2) is 17.7 Å². The van der Waals surface area contributed by atoms with Crippen molar-refractivity contribution in [2.75, 3.05) is 38.1 Å². The number of rotatable bonds is 9. The fourth-order valence-electron chi connectivity index (χ4n) is 4.18. The van der Waals surface area contributed by atoms with Crippen LogP contribution in [0.25, 0.3) is 0 Å². The number of sulfonamides is 1. The van der Waals surface area contributed by atoms with Crippen LogP contribution < -0.4 is 26.4 Å². The van der Waals surface area contributed by atoms with Gasteiger partial charge < -0.3 is 20.7 Å². The maximum absolute atomic E-state index is 14.3. The summed E-state index contributed by atoms with van der Waals surface area (Å²) in [6.07, 6.45) is 4.66. The second-order valence-corrected chi connectivity index (χ2v) is 11.1. The van der Waals surface area contributed by atoms with E-state index in [1.165, 1.54) is 37.6 Å². The highest BCUT2D eigenvalue weighted by molar-refractivity contribution is 7.88. The maximum atomic E-state index is 14.3. The Kier molecular flexibility index (Phi) is 8.78. The molecule has 1 heterocycles. The van der Waals surface area contributed by atoms with Gasteiger partial charge in [0.2, 0.25) is 16.0 Å². The summed E-state index contributed by atoms with van der Waals surface area (Å²) in [5.74, 6) is -0.512. The Morgan fingerprint density at radius 3 is 2.57 bits per heavy atom. The van der Waals surface area contributed by atoms with Crippen LogP contribution in [0.2, 0.25) is 5.02 Å². The molecule has 1 amide bonds. The second kappa shape index (κ2) is 11.3. The molecule has 0 bridgehead atoms. The van der Waals surface area contributed by atoms with Crippen LogP contribution in [0.5, 0.6) is 5.75 Å². The molecule has 0 radical (unpaired) electrons. The van der Waals surface area contributed by atoms with E-state index in [1.54, 1.807) is 0 Å². The lowest BCUT2D eigenvalue weighted by molar-refractivity contribution is 0.00302. The number of anilines is 3. The van der Waals surface area contributed by atoms with Crippen LogP contribution in [-0.4, -0.2) is 68.1 Å². The van der Waals surface area contributed by atoms with E-state index in [0.717, 1.165) is 25.3 Å². The fraction of sp³-hybridized carbons (Fsp3) is 0.500. The number of carbonyl (C=O) groups is 1. The van der Waals surface area contributed by atoms with Gasteiger partial charge in [-0.1, -0.05) is 24.4 Å². The zero-order chi connectivity index (χ0) is 27.5. The minimum atomic E-state index is -3.76. The Balaban J connectivity index is 1.99. The molecular weight excluding hydrogens is 532 g/mol. The molecule has 2 aromatic rings. The number of ether oxygens (including phenoxy) is 1. The van der Waals surface area contributed by atoms with Crippen LogP contribution >= 0.6 is 11.6 Å². The molecule has 204 valence electrons. The zero-order valence-corrected chi connectivity index (χ0v) is 22.4. The van der Waals surface area contributed by atoms with Crippen molar-refractivity contribution in [2.45, 2.75) is 43.8 Å². The fourth-order valence-corrected chi connectivity index (χ4v) is 5.18. The topological polar surface area (TPSA) is 152 Å². The summed E-state index contributed by atoms with van der Waals surface area (Å²) in [6, 6.07) is -1.88. The van der Waals surface area contributed by atoms with Crippen LogP contribution in [0.1, 0.15) is 41.6 Å². The van der Waals surface area contributed by atoms with Crippen molar-refractivity contribution >= 4 is 45.0 Å². The second-order valence-electron chi connectivity index (χ2n) is 8.70. The number of nitrogens with zero attached hydrogens (tertiary/aromatic N) is 3. The van der Waals surface area contributed by atoms with E-state index < -0.39 is 39.6 Å².